The van der Waals surface area contributed by atoms with Gasteiger partial charge >= 0.3 is 0 Å². The first-order valence-electron chi connectivity index (χ1n) is 9.32. The van der Waals surface area contributed by atoms with Crippen LogP contribution in [0.15, 0.2) is 93.9 Å². The molecule has 0 aliphatic carbocycles. The largest absolute Gasteiger partial charge is 0.272 e. The summed E-state index contributed by atoms with van der Waals surface area (Å²) in [5, 5.41) is 13.3. The van der Waals surface area contributed by atoms with E-state index in [2.05, 4.69) is 41.6 Å². The number of pyridine rings is 1. The minimum atomic E-state index is -0.238. The lowest BCUT2D eigenvalue weighted by Crippen LogP contribution is -2.20. The first-order chi connectivity index (χ1) is 15.2. The fraction of sp³-hybridized carbons (Fsp3) is 0.0455. The molecule has 0 fully saturated rings. The van der Waals surface area contributed by atoms with Crippen molar-refractivity contribution in [1.29, 1.82) is 0 Å². The summed E-state index contributed by atoms with van der Waals surface area (Å²) in [7, 11) is 0. The minimum Gasteiger partial charge on any atom is -0.272 e. The number of nitrogens with one attached hydrogen (secondary N) is 1. The molecule has 4 rings (SSSR count). The van der Waals surface area contributed by atoms with Crippen LogP contribution < -0.4 is 5.43 Å². The normalized spacial score (nSPS) is 11.0. The number of para-hydroxylation sites is 1. The molecule has 4 aromatic rings. The molecule has 1 amide bonds. The van der Waals surface area contributed by atoms with E-state index in [1.807, 2.05) is 65.2 Å². The Morgan fingerprint density at radius 2 is 1.87 bits per heavy atom. The number of hydrogen-bond acceptors (Lipinski definition) is 6. The number of hydrogen-bond donors (Lipinski definition) is 1. The average Bonchev–Trinajstić information content (AvgIpc) is 3.23. The van der Waals surface area contributed by atoms with Crippen molar-refractivity contribution in [2.24, 2.45) is 5.10 Å². The predicted octanol–water partition coefficient (Wildman–Crippen LogP) is 4.33. The van der Waals surface area contributed by atoms with Gasteiger partial charge in [-0.3, -0.25) is 14.3 Å². The Balaban J connectivity index is 1.51. The van der Waals surface area contributed by atoms with Gasteiger partial charge in [-0.2, -0.15) is 5.10 Å². The molecule has 9 heteroatoms. The molecule has 2 aromatic heterocycles. The van der Waals surface area contributed by atoms with E-state index in [0.29, 0.717) is 11.0 Å². The molecular formula is C22H17BrN6OS. The SMILES string of the molecule is O=C(CSc1nnc(-c2ccc(Br)cc2)n1-c1ccccc1)NN=Cc1cccnc1. The lowest BCUT2D eigenvalue weighted by Gasteiger charge is -2.10. The fourth-order valence-corrected chi connectivity index (χ4v) is 3.76. The average molecular weight is 493 g/mol. The van der Waals surface area contributed by atoms with E-state index >= 15 is 0 Å². The molecule has 0 aliphatic rings. The van der Waals surface area contributed by atoms with Crippen LogP contribution in [0.4, 0.5) is 0 Å². The highest BCUT2D eigenvalue weighted by Gasteiger charge is 2.17. The number of benzene rings is 2. The van der Waals surface area contributed by atoms with Crippen LogP contribution in [0.5, 0.6) is 0 Å². The Kier molecular flexibility index (Phi) is 6.85. The molecule has 1 N–H and O–H groups in total. The van der Waals surface area contributed by atoms with Crippen molar-refractivity contribution in [1.82, 2.24) is 25.2 Å². The van der Waals surface area contributed by atoms with Crippen molar-refractivity contribution in [3.63, 3.8) is 0 Å². The van der Waals surface area contributed by atoms with E-state index in [9.17, 15) is 4.79 Å². The molecule has 0 unspecified atom stereocenters. The highest BCUT2D eigenvalue weighted by atomic mass is 79.9. The Hall–Kier alpha value is -3.30. The van der Waals surface area contributed by atoms with Crippen molar-refractivity contribution in [2.75, 3.05) is 5.75 Å². The summed E-state index contributed by atoms with van der Waals surface area (Å²) < 4.78 is 2.93. The molecule has 0 aliphatic heterocycles. The standard InChI is InChI=1S/C22H17BrN6OS/c23-18-10-8-17(9-11-18)21-27-28-22(29(21)19-6-2-1-3-7-19)31-15-20(30)26-25-14-16-5-4-12-24-13-16/h1-14H,15H2,(H,26,30). The molecule has 0 radical (unpaired) electrons. The maximum absolute atomic E-state index is 12.2. The van der Waals surface area contributed by atoms with Crippen molar-refractivity contribution in [3.8, 4) is 17.1 Å². The number of thioether (sulfide) groups is 1. The molecule has 0 bridgehead atoms. The predicted molar refractivity (Wildman–Crippen MR) is 125 cm³/mol. The highest BCUT2D eigenvalue weighted by molar-refractivity contribution is 9.10. The van der Waals surface area contributed by atoms with Gasteiger partial charge in [0.1, 0.15) is 0 Å². The van der Waals surface area contributed by atoms with Crippen LogP contribution in [-0.4, -0.2) is 37.6 Å². The van der Waals surface area contributed by atoms with Crippen LogP contribution >= 0.6 is 27.7 Å². The number of carbonyl (C=O) groups excluding carboxylic acids is 1. The zero-order valence-electron chi connectivity index (χ0n) is 16.2. The first-order valence-corrected chi connectivity index (χ1v) is 11.1. The van der Waals surface area contributed by atoms with Crippen LogP contribution in [0.1, 0.15) is 5.56 Å². The smallest absolute Gasteiger partial charge is 0.250 e. The van der Waals surface area contributed by atoms with Crippen LogP contribution in [0.25, 0.3) is 17.1 Å². The Morgan fingerprint density at radius 3 is 2.61 bits per heavy atom. The quantitative estimate of drug-likeness (QED) is 0.235. The maximum atomic E-state index is 12.2. The third-order valence-corrected chi connectivity index (χ3v) is 5.63. The molecule has 2 aromatic carbocycles. The number of carbonyl (C=O) groups is 1. The molecule has 0 spiro atoms. The summed E-state index contributed by atoms with van der Waals surface area (Å²) >= 11 is 4.75. The van der Waals surface area contributed by atoms with E-state index in [4.69, 9.17) is 0 Å². The van der Waals surface area contributed by atoms with E-state index in [0.717, 1.165) is 21.3 Å². The van der Waals surface area contributed by atoms with Gasteiger partial charge in [0.15, 0.2) is 11.0 Å². The van der Waals surface area contributed by atoms with Gasteiger partial charge in [-0.05, 0) is 30.3 Å². The van der Waals surface area contributed by atoms with Crippen LogP contribution in [0.3, 0.4) is 0 Å². The summed E-state index contributed by atoms with van der Waals surface area (Å²) in [6.07, 6.45) is 4.89. The fourth-order valence-electron chi connectivity index (χ4n) is 2.75. The Morgan fingerprint density at radius 1 is 1.06 bits per heavy atom. The zero-order chi connectivity index (χ0) is 21.5. The topological polar surface area (TPSA) is 85.1 Å². The van der Waals surface area contributed by atoms with Gasteiger partial charge in [-0.15, -0.1) is 10.2 Å². The van der Waals surface area contributed by atoms with Gasteiger partial charge in [0, 0.05) is 33.7 Å². The van der Waals surface area contributed by atoms with Gasteiger partial charge in [0.25, 0.3) is 5.91 Å². The number of rotatable bonds is 7. The third-order valence-electron chi connectivity index (χ3n) is 4.17. The Labute approximate surface area is 191 Å². The molecule has 0 saturated heterocycles. The van der Waals surface area contributed by atoms with E-state index in [1.165, 1.54) is 11.8 Å². The molecule has 7 nitrogen and oxygen atoms in total. The molecule has 2 heterocycles. The van der Waals surface area contributed by atoms with E-state index in [-0.39, 0.29) is 11.7 Å². The van der Waals surface area contributed by atoms with Crippen LogP contribution in [0, 0.1) is 0 Å². The van der Waals surface area contributed by atoms with Crippen molar-refractivity contribution in [2.45, 2.75) is 5.16 Å². The summed E-state index contributed by atoms with van der Waals surface area (Å²) in [6.45, 7) is 0. The van der Waals surface area contributed by atoms with Gasteiger partial charge < -0.3 is 0 Å². The number of aromatic nitrogens is 4. The molecule has 154 valence electrons. The first kappa shape index (κ1) is 21.0. The second kappa shape index (κ2) is 10.1. The lowest BCUT2D eigenvalue weighted by molar-refractivity contribution is -0.118. The van der Waals surface area contributed by atoms with Crippen LogP contribution in [0.2, 0.25) is 0 Å². The highest BCUT2D eigenvalue weighted by Crippen LogP contribution is 2.28. The van der Waals surface area contributed by atoms with Gasteiger partial charge in [0.2, 0.25) is 0 Å². The second-order valence-electron chi connectivity index (χ2n) is 6.35. The number of nitrogens with zero attached hydrogens (tertiary/aromatic N) is 5. The number of amides is 1. The van der Waals surface area contributed by atoms with Gasteiger partial charge in [-0.1, -0.05) is 64.1 Å². The van der Waals surface area contributed by atoms with Crippen LogP contribution in [-0.2, 0) is 4.79 Å². The molecular weight excluding hydrogens is 476 g/mol. The monoisotopic (exact) mass is 492 g/mol. The number of hydrazone groups is 1. The third kappa shape index (κ3) is 5.44. The van der Waals surface area contributed by atoms with Crippen molar-refractivity contribution < 1.29 is 4.79 Å². The number of halogens is 1. The maximum Gasteiger partial charge on any atom is 0.250 e. The molecule has 0 saturated carbocycles. The second-order valence-corrected chi connectivity index (χ2v) is 8.21. The molecule has 0 atom stereocenters. The molecule has 31 heavy (non-hydrogen) atoms. The summed E-state index contributed by atoms with van der Waals surface area (Å²) in [4.78, 5) is 16.2. The van der Waals surface area contributed by atoms with E-state index < -0.39 is 0 Å². The lowest BCUT2D eigenvalue weighted by atomic mass is 10.2. The summed E-state index contributed by atoms with van der Waals surface area (Å²) in [5.74, 6) is 0.615. The van der Waals surface area contributed by atoms with Gasteiger partial charge in [-0.25, -0.2) is 5.43 Å². The van der Waals surface area contributed by atoms with E-state index in [1.54, 1.807) is 24.7 Å². The summed E-state index contributed by atoms with van der Waals surface area (Å²) in [6, 6.07) is 21.3. The minimum absolute atomic E-state index is 0.148. The van der Waals surface area contributed by atoms with Crippen molar-refractivity contribution >= 4 is 39.8 Å². The van der Waals surface area contributed by atoms with Crippen molar-refractivity contribution in [3.05, 3.63) is 89.2 Å². The Bertz CT molecular complexity index is 1180. The summed E-state index contributed by atoms with van der Waals surface area (Å²) in [5.41, 5.74) is 5.18. The van der Waals surface area contributed by atoms with Gasteiger partial charge in [0.05, 0.1) is 12.0 Å². The zero-order valence-corrected chi connectivity index (χ0v) is 18.6.